The average Bonchev–Trinajstić information content (AvgIpc) is 2.25. The first-order chi connectivity index (χ1) is 8.37. The molecule has 0 saturated carbocycles. The standard InChI is InChI=1S/C13H25N3O2/c1-13(2,3)7-11(17)15-9-12(18)16-10-5-4-6-14-8-10/h10,14H,4-9H2,1-3H3,(H,15,17)(H,16,18). The van der Waals surface area contributed by atoms with E-state index in [0.717, 1.165) is 25.9 Å². The van der Waals surface area contributed by atoms with E-state index < -0.39 is 0 Å². The Kier molecular flexibility index (Phi) is 5.59. The van der Waals surface area contributed by atoms with Crippen LogP contribution in [0.3, 0.4) is 0 Å². The van der Waals surface area contributed by atoms with E-state index >= 15 is 0 Å². The zero-order valence-corrected chi connectivity index (χ0v) is 11.6. The number of hydrogen-bond donors (Lipinski definition) is 3. The van der Waals surface area contributed by atoms with E-state index in [1.807, 2.05) is 20.8 Å². The molecule has 0 aliphatic carbocycles. The van der Waals surface area contributed by atoms with Gasteiger partial charge < -0.3 is 16.0 Å². The van der Waals surface area contributed by atoms with Gasteiger partial charge in [0, 0.05) is 19.0 Å². The van der Waals surface area contributed by atoms with Gasteiger partial charge in [-0.25, -0.2) is 0 Å². The van der Waals surface area contributed by atoms with Gasteiger partial charge in [0.2, 0.25) is 11.8 Å². The van der Waals surface area contributed by atoms with Gasteiger partial charge in [-0.1, -0.05) is 20.8 Å². The molecule has 1 unspecified atom stereocenters. The van der Waals surface area contributed by atoms with Crippen LogP contribution in [0.15, 0.2) is 0 Å². The summed E-state index contributed by atoms with van der Waals surface area (Å²) in [6, 6.07) is 0.200. The lowest BCUT2D eigenvalue weighted by molar-refractivity contribution is -0.127. The van der Waals surface area contributed by atoms with E-state index in [9.17, 15) is 9.59 Å². The number of piperidine rings is 1. The molecule has 0 aromatic heterocycles. The fourth-order valence-corrected chi connectivity index (χ4v) is 1.98. The smallest absolute Gasteiger partial charge is 0.239 e. The topological polar surface area (TPSA) is 70.2 Å². The summed E-state index contributed by atoms with van der Waals surface area (Å²) in [4.78, 5) is 23.2. The number of amides is 2. The van der Waals surface area contributed by atoms with Gasteiger partial charge in [0.15, 0.2) is 0 Å². The monoisotopic (exact) mass is 255 g/mol. The third-order valence-electron chi connectivity index (χ3n) is 2.80. The molecule has 0 spiro atoms. The summed E-state index contributed by atoms with van der Waals surface area (Å²) in [7, 11) is 0. The second-order valence-corrected chi connectivity index (χ2v) is 6.12. The van der Waals surface area contributed by atoms with Crippen molar-refractivity contribution in [1.82, 2.24) is 16.0 Å². The maximum atomic E-state index is 11.6. The summed E-state index contributed by atoms with van der Waals surface area (Å²) in [6.07, 6.45) is 2.53. The van der Waals surface area contributed by atoms with Gasteiger partial charge >= 0.3 is 0 Å². The van der Waals surface area contributed by atoms with Crippen LogP contribution in [-0.2, 0) is 9.59 Å². The van der Waals surface area contributed by atoms with Crippen molar-refractivity contribution >= 4 is 11.8 Å². The summed E-state index contributed by atoms with van der Waals surface area (Å²) in [5.74, 6) is -0.176. The second kappa shape index (κ2) is 6.73. The molecule has 2 amide bonds. The van der Waals surface area contributed by atoms with E-state index in [0.29, 0.717) is 6.42 Å². The fraction of sp³-hybridized carbons (Fsp3) is 0.846. The minimum atomic E-state index is -0.106. The molecule has 18 heavy (non-hydrogen) atoms. The van der Waals surface area contributed by atoms with Crippen LogP contribution in [0.4, 0.5) is 0 Å². The zero-order valence-electron chi connectivity index (χ0n) is 11.6. The first-order valence-corrected chi connectivity index (χ1v) is 6.63. The third kappa shape index (κ3) is 6.59. The molecule has 1 fully saturated rings. The lowest BCUT2D eigenvalue weighted by Gasteiger charge is -2.24. The van der Waals surface area contributed by atoms with E-state index in [-0.39, 0.29) is 29.8 Å². The fourth-order valence-electron chi connectivity index (χ4n) is 1.98. The van der Waals surface area contributed by atoms with Crippen LogP contribution >= 0.6 is 0 Å². The molecule has 0 aromatic carbocycles. The zero-order chi connectivity index (χ0) is 13.6. The molecule has 104 valence electrons. The molecule has 5 heteroatoms. The largest absolute Gasteiger partial charge is 0.351 e. The van der Waals surface area contributed by atoms with Crippen LogP contribution in [0.2, 0.25) is 0 Å². The Hall–Kier alpha value is -1.10. The van der Waals surface area contributed by atoms with Crippen LogP contribution in [0.5, 0.6) is 0 Å². The lowest BCUT2D eigenvalue weighted by atomic mass is 9.92. The second-order valence-electron chi connectivity index (χ2n) is 6.12. The molecule has 1 rings (SSSR count). The lowest BCUT2D eigenvalue weighted by Crippen LogP contribution is -2.48. The molecular formula is C13H25N3O2. The maximum absolute atomic E-state index is 11.6. The maximum Gasteiger partial charge on any atom is 0.239 e. The van der Waals surface area contributed by atoms with Crippen LogP contribution in [-0.4, -0.2) is 37.5 Å². The number of rotatable bonds is 4. The Morgan fingerprint density at radius 3 is 2.56 bits per heavy atom. The van der Waals surface area contributed by atoms with Crippen molar-refractivity contribution in [2.24, 2.45) is 5.41 Å². The molecule has 0 bridgehead atoms. The average molecular weight is 255 g/mol. The molecule has 1 atom stereocenters. The highest BCUT2D eigenvalue weighted by Crippen LogP contribution is 2.17. The first-order valence-electron chi connectivity index (χ1n) is 6.63. The highest BCUT2D eigenvalue weighted by atomic mass is 16.2. The van der Waals surface area contributed by atoms with Crippen LogP contribution in [0.1, 0.15) is 40.0 Å². The third-order valence-corrected chi connectivity index (χ3v) is 2.80. The summed E-state index contributed by atoms with van der Waals surface area (Å²) in [6.45, 7) is 7.92. The number of carbonyl (C=O) groups is 2. The SMILES string of the molecule is CC(C)(C)CC(=O)NCC(=O)NC1CCCNC1. The minimum Gasteiger partial charge on any atom is -0.351 e. The minimum absolute atomic E-state index is 0.0478. The highest BCUT2D eigenvalue weighted by molar-refractivity contribution is 5.85. The molecular weight excluding hydrogens is 230 g/mol. The quantitative estimate of drug-likeness (QED) is 0.681. The molecule has 1 aliphatic rings. The normalized spacial score (nSPS) is 20.3. The van der Waals surface area contributed by atoms with Gasteiger partial charge in [-0.05, 0) is 24.8 Å². The molecule has 0 aromatic rings. The van der Waals surface area contributed by atoms with Crippen molar-refractivity contribution in [2.75, 3.05) is 19.6 Å². The summed E-state index contributed by atoms with van der Waals surface area (Å²) >= 11 is 0. The van der Waals surface area contributed by atoms with Gasteiger partial charge in [-0.2, -0.15) is 0 Å². The van der Waals surface area contributed by atoms with Crippen LogP contribution in [0.25, 0.3) is 0 Å². The Bertz CT molecular complexity index is 291. The van der Waals surface area contributed by atoms with Crippen LogP contribution in [0, 0.1) is 5.41 Å². The molecule has 1 heterocycles. The summed E-state index contributed by atoms with van der Waals surface area (Å²) in [5.41, 5.74) is -0.0478. The molecule has 1 saturated heterocycles. The Morgan fingerprint density at radius 2 is 2.00 bits per heavy atom. The van der Waals surface area contributed by atoms with Gasteiger partial charge in [0.25, 0.3) is 0 Å². The highest BCUT2D eigenvalue weighted by Gasteiger charge is 2.18. The van der Waals surface area contributed by atoms with E-state index in [1.54, 1.807) is 0 Å². The van der Waals surface area contributed by atoms with Crippen molar-refractivity contribution in [3.05, 3.63) is 0 Å². The number of nitrogens with one attached hydrogen (secondary N) is 3. The van der Waals surface area contributed by atoms with Gasteiger partial charge in [0.1, 0.15) is 0 Å². The molecule has 0 radical (unpaired) electrons. The van der Waals surface area contributed by atoms with Crippen molar-refractivity contribution in [3.8, 4) is 0 Å². The molecule has 3 N–H and O–H groups in total. The Labute approximate surface area is 109 Å². The Morgan fingerprint density at radius 1 is 1.28 bits per heavy atom. The van der Waals surface area contributed by atoms with E-state index in [2.05, 4.69) is 16.0 Å². The molecule has 1 aliphatic heterocycles. The summed E-state index contributed by atoms with van der Waals surface area (Å²) in [5, 5.41) is 8.81. The van der Waals surface area contributed by atoms with Crippen molar-refractivity contribution in [1.29, 1.82) is 0 Å². The van der Waals surface area contributed by atoms with Crippen molar-refractivity contribution in [2.45, 2.75) is 46.1 Å². The van der Waals surface area contributed by atoms with Gasteiger partial charge in [0.05, 0.1) is 6.54 Å². The first kappa shape index (κ1) is 15.0. The van der Waals surface area contributed by atoms with E-state index in [1.165, 1.54) is 0 Å². The van der Waals surface area contributed by atoms with Gasteiger partial charge in [-0.3, -0.25) is 9.59 Å². The summed E-state index contributed by atoms with van der Waals surface area (Å²) < 4.78 is 0. The number of hydrogen-bond acceptors (Lipinski definition) is 3. The molecule has 5 nitrogen and oxygen atoms in total. The van der Waals surface area contributed by atoms with Crippen molar-refractivity contribution in [3.63, 3.8) is 0 Å². The van der Waals surface area contributed by atoms with E-state index in [4.69, 9.17) is 0 Å². The van der Waals surface area contributed by atoms with Crippen LogP contribution < -0.4 is 16.0 Å². The predicted octanol–water partition coefficient (Wildman–Crippen LogP) is 0.407. The van der Waals surface area contributed by atoms with Gasteiger partial charge in [-0.15, -0.1) is 0 Å². The van der Waals surface area contributed by atoms with Crippen molar-refractivity contribution < 1.29 is 9.59 Å². The predicted molar refractivity (Wildman–Crippen MR) is 71.1 cm³/mol. The Balaban J connectivity index is 2.18. The number of carbonyl (C=O) groups excluding carboxylic acids is 2.